The minimum absolute atomic E-state index is 0.211. The van der Waals surface area contributed by atoms with Crippen LogP contribution in [0.3, 0.4) is 0 Å². The van der Waals surface area contributed by atoms with E-state index < -0.39 is 0 Å². The van der Waals surface area contributed by atoms with Crippen LogP contribution in [0.4, 0.5) is 0 Å². The molecule has 0 bridgehead atoms. The van der Waals surface area contributed by atoms with Crippen LogP contribution >= 0.6 is 11.6 Å². The monoisotopic (exact) mass is 210 g/mol. The zero-order valence-corrected chi connectivity index (χ0v) is 9.40. The van der Waals surface area contributed by atoms with Crippen LogP contribution in [0.25, 0.3) is 0 Å². The van der Waals surface area contributed by atoms with Crippen molar-refractivity contribution in [2.24, 2.45) is 0 Å². The molecule has 0 aliphatic heterocycles. The second kappa shape index (κ2) is 5.16. The quantitative estimate of drug-likeness (QED) is 0.549. The van der Waals surface area contributed by atoms with E-state index in [9.17, 15) is 4.79 Å². The number of benzene rings is 1. The summed E-state index contributed by atoms with van der Waals surface area (Å²) < 4.78 is 0. The third-order valence-corrected chi connectivity index (χ3v) is 2.63. The summed E-state index contributed by atoms with van der Waals surface area (Å²) in [7, 11) is 0. The first kappa shape index (κ1) is 11.3. The highest BCUT2D eigenvalue weighted by atomic mass is 35.5. The summed E-state index contributed by atoms with van der Waals surface area (Å²) in [6, 6.07) is 5.84. The Kier molecular flexibility index (Phi) is 4.15. The summed E-state index contributed by atoms with van der Waals surface area (Å²) >= 11 is 5.74. The van der Waals surface area contributed by atoms with Crippen molar-refractivity contribution in [3.63, 3.8) is 0 Å². The first-order valence-electron chi connectivity index (χ1n) is 4.93. The number of hydrogen-bond donors (Lipinski definition) is 0. The number of rotatable bonds is 4. The van der Waals surface area contributed by atoms with E-state index in [1.165, 1.54) is 0 Å². The van der Waals surface area contributed by atoms with Crippen LogP contribution in [0.15, 0.2) is 18.2 Å². The van der Waals surface area contributed by atoms with Gasteiger partial charge >= 0.3 is 0 Å². The molecule has 0 aromatic heterocycles. The third-order valence-electron chi connectivity index (χ3n) is 2.33. The number of ketones is 1. The fraction of sp³-hybridized carbons (Fsp3) is 0.417. The first-order valence-corrected chi connectivity index (χ1v) is 5.47. The van der Waals surface area contributed by atoms with Crippen LogP contribution < -0.4 is 0 Å². The van der Waals surface area contributed by atoms with Crippen molar-refractivity contribution in [2.75, 3.05) is 0 Å². The summed E-state index contributed by atoms with van der Waals surface area (Å²) in [5.41, 5.74) is 3.04. The standard InChI is InChI=1S/C12H15ClO/c1-3-10-7-9(8-13)5-6-11(10)12(14)4-2/h5-7H,3-4,8H2,1-2H3. The van der Waals surface area contributed by atoms with E-state index in [1.807, 2.05) is 25.1 Å². The average molecular weight is 211 g/mol. The van der Waals surface area contributed by atoms with Crippen LogP contribution in [0.2, 0.25) is 0 Å². The van der Waals surface area contributed by atoms with E-state index in [4.69, 9.17) is 11.6 Å². The molecule has 0 fully saturated rings. The predicted octanol–water partition coefficient (Wildman–Crippen LogP) is 3.58. The van der Waals surface area contributed by atoms with Crippen molar-refractivity contribution in [1.29, 1.82) is 0 Å². The molecule has 0 atom stereocenters. The molecule has 0 N–H and O–H groups in total. The third kappa shape index (κ3) is 2.36. The lowest BCUT2D eigenvalue weighted by atomic mass is 9.98. The molecule has 0 amide bonds. The van der Waals surface area contributed by atoms with Gasteiger partial charge in [0, 0.05) is 17.9 Å². The molecule has 0 spiro atoms. The van der Waals surface area contributed by atoms with Crippen LogP contribution in [0.5, 0.6) is 0 Å². The molecule has 0 unspecified atom stereocenters. The second-order valence-electron chi connectivity index (χ2n) is 3.26. The zero-order valence-electron chi connectivity index (χ0n) is 8.64. The molecule has 0 aliphatic rings. The highest BCUT2D eigenvalue weighted by Crippen LogP contribution is 2.16. The lowest BCUT2D eigenvalue weighted by Gasteiger charge is -2.07. The Hall–Kier alpha value is -0.820. The number of carbonyl (C=O) groups excluding carboxylic acids is 1. The molecule has 0 saturated carbocycles. The van der Waals surface area contributed by atoms with Crippen molar-refractivity contribution < 1.29 is 4.79 Å². The van der Waals surface area contributed by atoms with E-state index in [0.717, 1.165) is 23.1 Å². The van der Waals surface area contributed by atoms with Gasteiger partial charge in [0.2, 0.25) is 0 Å². The van der Waals surface area contributed by atoms with Crippen molar-refractivity contribution >= 4 is 17.4 Å². The Morgan fingerprint density at radius 2 is 2.07 bits per heavy atom. The SMILES string of the molecule is CCC(=O)c1ccc(CCl)cc1CC. The summed E-state index contributed by atoms with van der Waals surface area (Å²) in [6.07, 6.45) is 1.44. The zero-order chi connectivity index (χ0) is 10.6. The Balaban J connectivity index is 3.11. The highest BCUT2D eigenvalue weighted by molar-refractivity contribution is 6.17. The fourth-order valence-corrected chi connectivity index (χ4v) is 1.65. The van der Waals surface area contributed by atoms with E-state index in [1.54, 1.807) is 0 Å². The molecule has 0 saturated heterocycles. The molecule has 0 radical (unpaired) electrons. The minimum Gasteiger partial charge on any atom is -0.294 e. The first-order chi connectivity index (χ1) is 6.72. The number of aryl methyl sites for hydroxylation is 1. The van der Waals surface area contributed by atoms with E-state index in [-0.39, 0.29) is 5.78 Å². The molecule has 0 aliphatic carbocycles. The highest BCUT2D eigenvalue weighted by Gasteiger charge is 2.08. The normalized spacial score (nSPS) is 10.2. The molecule has 76 valence electrons. The van der Waals surface area contributed by atoms with Crippen molar-refractivity contribution in [3.05, 3.63) is 34.9 Å². The van der Waals surface area contributed by atoms with Gasteiger partial charge in [0.05, 0.1) is 0 Å². The molecule has 1 aromatic rings. The minimum atomic E-state index is 0.211. The number of carbonyl (C=O) groups is 1. The Morgan fingerprint density at radius 3 is 2.57 bits per heavy atom. The molecule has 14 heavy (non-hydrogen) atoms. The number of halogens is 1. The van der Waals surface area contributed by atoms with E-state index in [2.05, 4.69) is 6.92 Å². The van der Waals surface area contributed by atoms with Gasteiger partial charge in [-0.2, -0.15) is 0 Å². The number of hydrogen-bond acceptors (Lipinski definition) is 1. The summed E-state index contributed by atoms with van der Waals surface area (Å²) in [4.78, 5) is 11.6. The van der Waals surface area contributed by atoms with Crippen molar-refractivity contribution in [3.8, 4) is 0 Å². The van der Waals surface area contributed by atoms with Gasteiger partial charge in [-0.1, -0.05) is 32.0 Å². The Bertz CT molecular complexity index is 331. The predicted molar refractivity (Wildman–Crippen MR) is 60.0 cm³/mol. The molecular weight excluding hydrogens is 196 g/mol. The molecule has 0 heterocycles. The van der Waals surface area contributed by atoms with Gasteiger partial charge in [-0.25, -0.2) is 0 Å². The maximum Gasteiger partial charge on any atom is 0.162 e. The maximum absolute atomic E-state index is 11.6. The van der Waals surface area contributed by atoms with Gasteiger partial charge in [-0.05, 0) is 17.5 Å². The van der Waals surface area contributed by atoms with Gasteiger partial charge < -0.3 is 0 Å². The number of Topliss-reactive ketones (excluding diaryl/α,β-unsaturated/α-hetero) is 1. The lowest BCUT2D eigenvalue weighted by Crippen LogP contribution is -2.02. The topological polar surface area (TPSA) is 17.1 Å². The Labute approximate surface area is 90.1 Å². The van der Waals surface area contributed by atoms with Crippen molar-refractivity contribution in [1.82, 2.24) is 0 Å². The fourth-order valence-electron chi connectivity index (χ4n) is 1.49. The lowest BCUT2D eigenvalue weighted by molar-refractivity contribution is 0.0987. The largest absolute Gasteiger partial charge is 0.294 e. The van der Waals surface area contributed by atoms with Crippen LogP contribution in [0, 0.1) is 0 Å². The maximum atomic E-state index is 11.6. The van der Waals surface area contributed by atoms with Crippen LogP contribution in [-0.4, -0.2) is 5.78 Å². The average Bonchev–Trinajstić information content (AvgIpc) is 2.27. The van der Waals surface area contributed by atoms with Gasteiger partial charge in [0.15, 0.2) is 5.78 Å². The van der Waals surface area contributed by atoms with Gasteiger partial charge in [-0.15, -0.1) is 11.6 Å². The van der Waals surface area contributed by atoms with Crippen molar-refractivity contribution in [2.45, 2.75) is 32.6 Å². The summed E-state index contributed by atoms with van der Waals surface area (Å²) in [5, 5.41) is 0. The van der Waals surface area contributed by atoms with E-state index in [0.29, 0.717) is 12.3 Å². The van der Waals surface area contributed by atoms with Crippen LogP contribution in [-0.2, 0) is 12.3 Å². The van der Waals surface area contributed by atoms with Gasteiger partial charge in [0.1, 0.15) is 0 Å². The molecule has 1 rings (SSSR count). The van der Waals surface area contributed by atoms with Gasteiger partial charge in [-0.3, -0.25) is 4.79 Å². The number of alkyl halides is 1. The second-order valence-corrected chi connectivity index (χ2v) is 3.52. The smallest absolute Gasteiger partial charge is 0.162 e. The molecule has 1 nitrogen and oxygen atoms in total. The Morgan fingerprint density at radius 1 is 1.36 bits per heavy atom. The molecule has 1 aromatic carbocycles. The van der Waals surface area contributed by atoms with Gasteiger partial charge in [0.25, 0.3) is 0 Å². The molecular formula is C12H15ClO. The molecule has 2 heteroatoms. The van der Waals surface area contributed by atoms with E-state index >= 15 is 0 Å². The van der Waals surface area contributed by atoms with Crippen LogP contribution in [0.1, 0.15) is 41.8 Å². The summed E-state index contributed by atoms with van der Waals surface area (Å²) in [6.45, 7) is 3.94. The summed E-state index contributed by atoms with van der Waals surface area (Å²) in [5.74, 6) is 0.719.